The molecule has 0 atom stereocenters. The number of benzene rings is 2. The van der Waals surface area contributed by atoms with Gasteiger partial charge in [-0.1, -0.05) is 18.2 Å². The number of nitrogens with one attached hydrogen (secondary N) is 1. The van der Waals surface area contributed by atoms with Crippen LogP contribution >= 0.6 is 0 Å². The fraction of sp³-hybridized carbons (Fsp3) is 0.261. The number of anilines is 2. The smallest absolute Gasteiger partial charge is 0.335 e. The van der Waals surface area contributed by atoms with Crippen LogP contribution in [0.25, 0.3) is 6.08 Å². The molecule has 148 valence electrons. The summed E-state index contributed by atoms with van der Waals surface area (Å²) in [6, 6.07) is 12.4. The molecule has 0 spiro atoms. The molecule has 2 heterocycles. The van der Waals surface area contributed by atoms with Crippen LogP contribution in [0.5, 0.6) is 0 Å². The van der Waals surface area contributed by atoms with Crippen molar-refractivity contribution in [1.82, 2.24) is 5.32 Å². The Morgan fingerprint density at radius 3 is 2.17 bits per heavy atom. The van der Waals surface area contributed by atoms with Gasteiger partial charge in [-0.3, -0.25) is 14.9 Å². The Kier molecular flexibility index (Phi) is 4.92. The van der Waals surface area contributed by atoms with Gasteiger partial charge in [-0.15, -0.1) is 0 Å². The van der Waals surface area contributed by atoms with Gasteiger partial charge in [0.15, 0.2) is 0 Å². The van der Waals surface area contributed by atoms with Crippen molar-refractivity contribution in [2.24, 2.45) is 0 Å². The van der Waals surface area contributed by atoms with Gasteiger partial charge in [0.25, 0.3) is 11.8 Å². The number of carbonyl (C=O) groups excluding carboxylic acids is 3. The molecule has 1 N–H and O–H groups in total. The number of imide groups is 2. The first-order valence-electron chi connectivity index (χ1n) is 9.78. The predicted octanol–water partition coefficient (Wildman–Crippen LogP) is 3.57. The zero-order valence-electron chi connectivity index (χ0n) is 16.6. The number of nitrogens with zero attached hydrogens (tertiary/aromatic N) is 2. The van der Waals surface area contributed by atoms with Gasteiger partial charge in [0.05, 0.1) is 5.69 Å². The first kappa shape index (κ1) is 18.9. The molecule has 2 fully saturated rings. The Morgan fingerprint density at radius 2 is 1.52 bits per heavy atom. The van der Waals surface area contributed by atoms with E-state index in [2.05, 4.69) is 10.2 Å². The second-order valence-electron chi connectivity index (χ2n) is 7.51. The summed E-state index contributed by atoms with van der Waals surface area (Å²) < 4.78 is 0. The van der Waals surface area contributed by atoms with Crippen LogP contribution in [0.3, 0.4) is 0 Å². The third-order valence-electron chi connectivity index (χ3n) is 5.53. The van der Waals surface area contributed by atoms with Crippen LogP contribution in [0, 0.1) is 13.8 Å². The fourth-order valence-electron chi connectivity index (χ4n) is 3.68. The van der Waals surface area contributed by atoms with Gasteiger partial charge in [0.2, 0.25) is 0 Å². The summed E-state index contributed by atoms with van der Waals surface area (Å²) in [4.78, 5) is 41.0. The summed E-state index contributed by atoms with van der Waals surface area (Å²) >= 11 is 0. The lowest BCUT2D eigenvalue weighted by Crippen LogP contribution is -2.54. The zero-order valence-corrected chi connectivity index (χ0v) is 16.6. The highest BCUT2D eigenvalue weighted by Gasteiger charge is 2.36. The van der Waals surface area contributed by atoms with E-state index in [1.54, 1.807) is 12.1 Å². The van der Waals surface area contributed by atoms with Crippen molar-refractivity contribution < 1.29 is 14.4 Å². The molecule has 0 aromatic heterocycles. The van der Waals surface area contributed by atoms with E-state index in [1.807, 2.05) is 44.2 Å². The number of urea groups is 1. The molecule has 0 bridgehead atoms. The molecule has 2 aromatic carbocycles. The van der Waals surface area contributed by atoms with E-state index < -0.39 is 17.8 Å². The Bertz CT molecular complexity index is 1020. The van der Waals surface area contributed by atoms with E-state index in [-0.39, 0.29) is 5.57 Å². The highest BCUT2D eigenvalue weighted by molar-refractivity contribution is 6.39. The van der Waals surface area contributed by atoms with Gasteiger partial charge < -0.3 is 4.90 Å². The highest BCUT2D eigenvalue weighted by atomic mass is 16.2. The minimum atomic E-state index is -0.732. The second-order valence-corrected chi connectivity index (χ2v) is 7.51. The summed E-state index contributed by atoms with van der Waals surface area (Å²) in [7, 11) is 0. The van der Waals surface area contributed by atoms with Crippen molar-refractivity contribution >= 4 is 35.3 Å². The lowest BCUT2D eigenvalue weighted by Gasteiger charge is -2.27. The molecule has 0 saturated carbocycles. The SMILES string of the molecule is Cc1ccc(N2C(=O)NC(=O)/C(=C/c3ccc(N4CCCC4)cc3)C2=O)cc1C. The Balaban J connectivity index is 1.63. The number of hydrogen-bond acceptors (Lipinski definition) is 4. The largest absolute Gasteiger partial charge is 0.372 e. The van der Waals surface area contributed by atoms with Crippen molar-refractivity contribution in [3.8, 4) is 0 Å². The lowest BCUT2D eigenvalue weighted by atomic mass is 10.0. The number of hydrogen-bond donors (Lipinski definition) is 1. The van der Waals surface area contributed by atoms with E-state index in [0.29, 0.717) is 5.69 Å². The maximum absolute atomic E-state index is 13.0. The molecule has 2 saturated heterocycles. The summed E-state index contributed by atoms with van der Waals surface area (Å²) in [5, 5.41) is 2.27. The van der Waals surface area contributed by atoms with Crippen LogP contribution < -0.4 is 15.1 Å². The van der Waals surface area contributed by atoms with Crippen molar-refractivity contribution in [2.75, 3.05) is 22.9 Å². The van der Waals surface area contributed by atoms with E-state index in [1.165, 1.54) is 18.9 Å². The molecule has 0 unspecified atom stereocenters. The van der Waals surface area contributed by atoms with Crippen LogP contribution in [0.2, 0.25) is 0 Å². The third-order valence-corrected chi connectivity index (χ3v) is 5.53. The van der Waals surface area contributed by atoms with Gasteiger partial charge in [0.1, 0.15) is 5.57 Å². The van der Waals surface area contributed by atoms with Crippen molar-refractivity contribution in [2.45, 2.75) is 26.7 Å². The van der Waals surface area contributed by atoms with E-state index in [9.17, 15) is 14.4 Å². The molecule has 4 amide bonds. The molecular weight excluding hydrogens is 366 g/mol. The van der Waals surface area contributed by atoms with Crippen LogP contribution in [0.15, 0.2) is 48.0 Å². The summed E-state index contributed by atoms with van der Waals surface area (Å²) in [6.45, 7) is 5.97. The van der Waals surface area contributed by atoms with Crippen LogP contribution in [0.1, 0.15) is 29.5 Å². The molecule has 6 nitrogen and oxygen atoms in total. The Hall–Kier alpha value is -3.41. The zero-order chi connectivity index (χ0) is 20.5. The third kappa shape index (κ3) is 3.66. The van der Waals surface area contributed by atoms with E-state index in [4.69, 9.17) is 0 Å². The summed E-state index contributed by atoms with van der Waals surface area (Å²) in [5.41, 5.74) is 4.28. The minimum Gasteiger partial charge on any atom is -0.372 e. The standard InChI is InChI=1S/C23H23N3O3/c1-15-5-8-19(13-16(15)2)26-22(28)20(21(27)24-23(26)29)14-17-6-9-18(10-7-17)25-11-3-4-12-25/h5-10,13-14H,3-4,11-12H2,1-2H3,(H,24,27,29)/b20-14-. The maximum Gasteiger partial charge on any atom is 0.335 e. The minimum absolute atomic E-state index is 0.0586. The molecule has 2 aliphatic rings. The van der Waals surface area contributed by atoms with Gasteiger partial charge in [-0.25, -0.2) is 9.69 Å². The maximum atomic E-state index is 13.0. The first-order valence-corrected chi connectivity index (χ1v) is 9.78. The average Bonchev–Trinajstić information content (AvgIpc) is 3.23. The molecule has 0 radical (unpaired) electrons. The molecule has 2 aliphatic heterocycles. The summed E-state index contributed by atoms with van der Waals surface area (Å²) in [5.74, 6) is -1.30. The van der Waals surface area contributed by atoms with Gasteiger partial charge in [-0.2, -0.15) is 0 Å². The van der Waals surface area contributed by atoms with Crippen LogP contribution in [-0.4, -0.2) is 30.9 Å². The Morgan fingerprint density at radius 1 is 0.862 bits per heavy atom. The van der Waals surface area contributed by atoms with Gasteiger partial charge in [0, 0.05) is 18.8 Å². The van der Waals surface area contributed by atoms with Crippen LogP contribution in [-0.2, 0) is 9.59 Å². The fourth-order valence-corrected chi connectivity index (χ4v) is 3.68. The summed E-state index contributed by atoms with van der Waals surface area (Å²) in [6.07, 6.45) is 3.93. The van der Waals surface area contributed by atoms with E-state index >= 15 is 0 Å². The van der Waals surface area contributed by atoms with Gasteiger partial charge >= 0.3 is 6.03 Å². The predicted molar refractivity (Wildman–Crippen MR) is 113 cm³/mol. The van der Waals surface area contributed by atoms with Gasteiger partial charge in [-0.05, 0) is 73.7 Å². The molecule has 6 heteroatoms. The topological polar surface area (TPSA) is 69.7 Å². The number of amides is 4. The van der Waals surface area contributed by atoms with Crippen molar-refractivity contribution in [1.29, 1.82) is 0 Å². The van der Waals surface area contributed by atoms with E-state index in [0.717, 1.165) is 40.4 Å². The second kappa shape index (κ2) is 7.54. The Labute approximate surface area is 169 Å². The van der Waals surface area contributed by atoms with Crippen molar-refractivity contribution in [3.63, 3.8) is 0 Å². The quantitative estimate of drug-likeness (QED) is 0.644. The number of carbonyl (C=O) groups is 3. The number of aryl methyl sites for hydroxylation is 2. The first-order chi connectivity index (χ1) is 13.9. The highest BCUT2D eigenvalue weighted by Crippen LogP contribution is 2.25. The number of rotatable bonds is 3. The molecule has 2 aromatic rings. The lowest BCUT2D eigenvalue weighted by molar-refractivity contribution is -0.122. The molecule has 4 rings (SSSR count). The molecular formula is C23H23N3O3. The van der Waals surface area contributed by atoms with Crippen LogP contribution in [0.4, 0.5) is 16.2 Å². The number of barbiturate groups is 1. The van der Waals surface area contributed by atoms with Crippen molar-refractivity contribution in [3.05, 3.63) is 64.7 Å². The normalized spacial score (nSPS) is 18.6. The monoisotopic (exact) mass is 389 g/mol. The molecule has 29 heavy (non-hydrogen) atoms. The molecule has 0 aliphatic carbocycles. The average molecular weight is 389 g/mol.